The molecule has 1 fully saturated rings. The Labute approximate surface area is 130 Å². The number of ether oxygens (including phenoxy) is 1. The minimum absolute atomic E-state index is 0.108. The summed E-state index contributed by atoms with van der Waals surface area (Å²) in [4.78, 5) is 2.30. The fraction of sp³-hybridized carbons (Fsp3) is 0.222. The van der Waals surface area contributed by atoms with E-state index in [1.807, 2.05) is 30.3 Å². The lowest BCUT2D eigenvalue weighted by Gasteiger charge is -2.32. The van der Waals surface area contributed by atoms with Gasteiger partial charge >= 0.3 is 0 Å². The first-order chi connectivity index (χ1) is 10.3. The zero-order valence-corrected chi connectivity index (χ0v) is 12.5. The largest absolute Gasteiger partial charge is 0.372 e. The van der Waals surface area contributed by atoms with Gasteiger partial charge in [-0.15, -0.1) is 0 Å². The first-order valence-corrected chi connectivity index (χ1v) is 7.53. The molecule has 0 bridgehead atoms. The molecule has 3 heteroatoms. The summed E-state index contributed by atoms with van der Waals surface area (Å²) in [5.74, 6) is 0. The molecule has 0 N–H and O–H groups in total. The van der Waals surface area contributed by atoms with Crippen LogP contribution in [-0.4, -0.2) is 24.6 Å². The van der Waals surface area contributed by atoms with Crippen LogP contribution in [0, 0.1) is 0 Å². The van der Waals surface area contributed by atoms with Gasteiger partial charge in [-0.2, -0.15) is 0 Å². The third-order valence-corrected chi connectivity index (χ3v) is 3.87. The molecule has 1 heterocycles. The van der Waals surface area contributed by atoms with Crippen LogP contribution in [0.2, 0.25) is 5.02 Å². The van der Waals surface area contributed by atoms with Crippen molar-refractivity contribution in [2.75, 3.05) is 19.7 Å². The van der Waals surface area contributed by atoms with Gasteiger partial charge in [0.25, 0.3) is 0 Å². The Morgan fingerprint density at radius 1 is 1.05 bits per heavy atom. The van der Waals surface area contributed by atoms with Gasteiger partial charge in [0.15, 0.2) is 0 Å². The monoisotopic (exact) mass is 299 g/mol. The second kappa shape index (κ2) is 6.79. The summed E-state index contributed by atoms with van der Waals surface area (Å²) in [6.07, 6.45) is 4.40. The molecule has 1 aliphatic heterocycles. The fourth-order valence-electron chi connectivity index (χ4n) is 2.44. The molecule has 21 heavy (non-hydrogen) atoms. The lowest BCUT2D eigenvalue weighted by atomic mass is 10.1. The Morgan fingerprint density at radius 3 is 2.57 bits per heavy atom. The molecule has 2 aromatic rings. The van der Waals surface area contributed by atoms with Crippen molar-refractivity contribution in [3.8, 4) is 0 Å². The van der Waals surface area contributed by atoms with Gasteiger partial charge in [-0.1, -0.05) is 54.1 Å². The molecule has 0 unspecified atom stereocenters. The van der Waals surface area contributed by atoms with Crippen molar-refractivity contribution >= 4 is 17.7 Å². The van der Waals surface area contributed by atoms with Crippen molar-refractivity contribution < 1.29 is 4.74 Å². The van der Waals surface area contributed by atoms with E-state index in [-0.39, 0.29) is 6.10 Å². The van der Waals surface area contributed by atoms with E-state index in [0.717, 1.165) is 24.7 Å². The first kappa shape index (κ1) is 14.2. The predicted molar refractivity (Wildman–Crippen MR) is 87.2 cm³/mol. The zero-order chi connectivity index (χ0) is 14.5. The highest BCUT2D eigenvalue weighted by Gasteiger charge is 2.19. The van der Waals surface area contributed by atoms with Crippen LogP contribution in [0.5, 0.6) is 0 Å². The Kier molecular flexibility index (Phi) is 4.59. The van der Waals surface area contributed by atoms with E-state index in [4.69, 9.17) is 16.3 Å². The molecule has 1 saturated heterocycles. The van der Waals surface area contributed by atoms with Crippen molar-refractivity contribution in [2.45, 2.75) is 6.10 Å². The number of benzene rings is 2. The Morgan fingerprint density at radius 2 is 1.81 bits per heavy atom. The van der Waals surface area contributed by atoms with E-state index in [9.17, 15) is 0 Å². The molecular weight excluding hydrogens is 282 g/mol. The molecule has 0 amide bonds. The van der Waals surface area contributed by atoms with Gasteiger partial charge in [0.1, 0.15) is 0 Å². The molecule has 3 rings (SSSR count). The highest BCUT2D eigenvalue weighted by atomic mass is 35.5. The summed E-state index contributed by atoms with van der Waals surface area (Å²) in [6, 6.07) is 18.3. The van der Waals surface area contributed by atoms with Crippen LogP contribution in [0.25, 0.3) is 6.08 Å². The smallest absolute Gasteiger partial charge is 0.1000 e. The SMILES string of the molecule is Clc1ccc([C@H]2CN(C=Cc3ccccc3)CCO2)cc1. The van der Waals surface area contributed by atoms with Crippen molar-refractivity contribution in [1.82, 2.24) is 4.90 Å². The Balaban J connectivity index is 1.66. The lowest BCUT2D eigenvalue weighted by Crippen LogP contribution is -2.34. The van der Waals surface area contributed by atoms with Crippen LogP contribution in [0.3, 0.4) is 0 Å². The van der Waals surface area contributed by atoms with Crippen LogP contribution in [-0.2, 0) is 4.74 Å². The van der Waals surface area contributed by atoms with Gasteiger partial charge in [-0.25, -0.2) is 0 Å². The van der Waals surface area contributed by atoms with Crippen LogP contribution in [0.1, 0.15) is 17.2 Å². The molecule has 1 atom stereocenters. The number of rotatable bonds is 3. The summed E-state index contributed by atoms with van der Waals surface area (Å²) in [5, 5.41) is 0.760. The zero-order valence-electron chi connectivity index (χ0n) is 11.8. The van der Waals surface area contributed by atoms with Crippen molar-refractivity contribution in [1.29, 1.82) is 0 Å². The minimum atomic E-state index is 0.108. The summed E-state index contributed by atoms with van der Waals surface area (Å²) in [7, 11) is 0. The summed E-state index contributed by atoms with van der Waals surface area (Å²) >= 11 is 5.93. The van der Waals surface area contributed by atoms with E-state index < -0.39 is 0 Å². The normalized spacial score (nSPS) is 19.1. The molecule has 0 aliphatic carbocycles. The Hall–Kier alpha value is -1.77. The van der Waals surface area contributed by atoms with Crippen LogP contribution < -0.4 is 0 Å². The number of hydrogen-bond donors (Lipinski definition) is 0. The van der Waals surface area contributed by atoms with E-state index in [1.54, 1.807) is 0 Å². The minimum Gasteiger partial charge on any atom is -0.372 e. The highest BCUT2D eigenvalue weighted by molar-refractivity contribution is 6.30. The van der Waals surface area contributed by atoms with Crippen molar-refractivity contribution in [3.63, 3.8) is 0 Å². The highest BCUT2D eigenvalue weighted by Crippen LogP contribution is 2.24. The van der Waals surface area contributed by atoms with E-state index in [0.29, 0.717) is 0 Å². The second-order valence-electron chi connectivity index (χ2n) is 5.13. The maximum absolute atomic E-state index is 5.93. The summed E-state index contributed by atoms with van der Waals surface area (Å²) < 4.78 is 5.87. The third kappa shape index (κ3) is 3.87. The van der Waals surface area contributed by atoms with Gasteiger partial charge in [-0.05, 0) is 35.5 Å². The average molecular weight is 300 g/mol. The molecule has 1 aliphatic rings. The van der Waals surface area contributed by atoms with Gasteiger partial charge in [0, 0.05) is 18.1 Å². The molecule has 2 aromatic carbocycles. The van der Waals surface area contributed by atoms with E-state index in [2.05, 4.69) is 41.4 Å². The van der Waals surface area contributed by atoms with Crippen LogP contribution >= 0.6 is 11.6 Å². The van der Waals surface area contributed by atoms with Gasteiger partial charge in [-0.3, -0.25) is 0 Å². The topological polar surface area (TPSA) is 12.5 Å². The fourth-order valence-corrected chi connectivity index (χ4v) is 2.57. The maximum Gasteiger partial charge on any atom is 0.1000 e. The second-order valence-corrected chi connectivity index (χ2v) is 5.57. The number of morpholine rings is 1. The third-order valence-electron chi connectivity index (χ3n) is 3.62. The van der Waals surface area contributed by atoms with Crippen LogP contribution in [0.4, 0.5) is 0 Å². The van der Waals surface area contributed by atoms with E-state index in [1.165, 1.54) is 11.1 Å². The average Bonchev–Trinajstić information content (AvgIpc) is 2.55. The van der Waals surface area contributed by atoms with Crippen LogP contribution in [0.15, 0.2) is 60.8 Å². The van der Waals surface area contributed by atoms with Crippen molar-refractivity contribution in [3.05, 3.63) is 76.9 Å². The molecular formula is C18H18ClNO. The van der Waals surface area contributed by atoms with Gasteiger partial charge in [0.05, 0.1) is 12.7 Å². The molecule has 108 valence electrons. The number of hydrogen-bond acceptors (Lipinski definition) is 2. The lowest BCUT2D eigenvalue weighted by molar-refractivity contribution is -0.0135. The standard InChI is InChI=1S/C18H18ClNO/c19-17-8-6-16(7-9-17)18-14-20(12-13-21-18)11-10-15-4-2-1-3-5-15/h1-11,18H,12-14H2/t18-/m1/s1. The van der Waals surface area contributed by atoms with Gasteiger partial charge in [0.2, 0.25) is 0 Å². The molecule has 0 saturated carbocycles. The molecule has 0 aromatic heterocycles. The summed E-state index contributed by atoms with van der Waals surface area (Å²) in [5.41, 5.74) is 2.39. The maximum atomic E-state index is 5.93. The number of halogens is 1. The quantitative estimate of drug-likeness (QED) is 0.834. The summed E-state index contributed by atoms with van der Waals surface area (Å²) in [6.45, 7) is 2.53. The van der Waals surface area contributed by atoms with E-state index >= 15 is 0 Å². The van der Waals surface area contributed by atoms with Gasteiger partial charge < -0.3 is 9.64 Å². The molecule has 0 spiro atoms. The molecule has 0 radical (unpaired) electrons. The van der Waals surface area contributed by atoms with Crippen molar-refractivity contribution in [2.24, 2.45) is 0 Å². The molecule has 2 nitrogen and oxygen atoms in total. The predicted octanol–water partition coefficient (Wildman–Crippen LogP) is 4.38. The first-order valence-electron chi connectivity index (χ1n) is 7.15. The Bertz CT molecular complexity index is 594. The number of nitrogens with zero attached hydrogens (tertiary/aromatic N) is 1.